The SMILES string of the molecule is CCc1ccc(NC(=O)[C@H](C)Oc2ccc([N+](=O)[O-])cc2-c2ccc(OC)cc2)cc1. The minimum absolute atomic E-state index is 0.0636. The largest absolute Gasteiger partial charge is 0.497 e. The van der Waals surface area contributed by atoms with Crippen LogP contribution in [-0.2, 0) is 11.2 Å². The van der Waals surface area contributed by atoms with Gasteiger partial charge in [-0.1, -0.05) is 31.2 Å². The van der Waals surface area contributed by atoms with E-state index in [1.54, 1.807) is 38.3 Å². The van der Waals surface area contributed by atoms with Crippen LogP contribution in [0.15, 0.2) is 66.7 Å². The fraction of sp³-hybridized carbons (Fsp3) is 0.208. The molecular formula is C24H24N2O5. The molecule has 0 heterocycles. The summed E-state index contributed by atoms with van der Waals surface area (Å²) in [4.78, 5) is 23.4. The van der Waals surface area contributed by atoms with E-state index in [-0.39, 0.29) is 11.6 Å². The van der Waals surface area contributed by atoms with Gasteiger partial charge >= 0.3 is 0 Å². The van der Waals surface area contributed by atoms with Gasteiger partial charge in [-0.15, -0.1) is 0 Å². The molecule has 0 spiro atoms. The maximum Gasteiger partial charge on any atom is 0.270 e. The minimum atomic E-state index is -0.815. The van der Waals surface area contributed by atoms with Gasteiger partial charge in [-0.3, -0.25) is 14.9 Å². The summed E-state index contributed by atoms with van der Waals surface area (Å²) in [6, 6.07) is 19.0. The third kappa shape index (κ3) is 5.39. The van der Waals surface area contributed by atoms with Crippen LogP contribution in [0.5, 0.6) is 11.5 Å². The van der Waals surface area contributed by atoms with E-state index in [4.69, 9.17) is 9.47 Å². The van der Waals surface area contributed by atoms with Gasteiger partial charge in [0.1, 0.15) is 11.5 Å². The number of carbonyl (C=O) groups is 1. The average molecular weight is 420 g/mol. The van der Waals surface area contributed by atoms with Crippen LogP contribution in [0.2, 0.25) is 0 Å². The van der Waals surface area contributed by atoms with E-state index in [1.165, 1.54) is 23.8 Å². The molecule has 3 aromatic rings. The van der Waals surface area contributed by atoms with Crippen molar-refractivity contribution in [1.29, 1.82) is 0 Å². The molecule has 0 aromatic heterocycles. The van der Waals surface area contributed by atoms with E-state index >= 15 is 0 Å². The minimum Gasteiger partial charge on any atom is -0.497 e. The Morgan fingerprint density at radius 3 is 2.32 bits per heavy atom. The molecule has 0 saturated heterocycles. The van der Waals surface area contributed by atoms with E-state index in [0.29, 0.717) is 28.3 Å². The van der Waals surface area contributed by atoms with E-state index in [1.807, 2.05) is 24.3 Å². The number of amides is 1. The van der Waals surface area contributed by atoms with Gasteiger partial charge in [0, 0.05) is 23.4 Å². The van der Waals surface area contributed by atoms with E-state index in [2.05, 4.69) is 12.2 Å². The number of aryl methyl sites for hydroxylation is 1. The number of benzene rings is 3. The molecular weight excluding hydrogens is 396 g/mol. The smallest absolute Gasteiger partial charge is 0.270 e. The highest BCUT2D eigenvalue weighted by Crippen LogP contribution is 2.35. The van der Waals surface area contributed by atoms with Crippen LogP contribution in [0, 0.1) is 10.1 Å². The Morgan fingerprint density at radius 1 is 1.06 bits per heavy atom. The lowest BCUT2D eigenvalue weighted by Crippen LogP contribution is -2.30. The van der Waals surface area contributed by atoms with Crippen molar-refractivity contribution in [2.24, 2.45) is 0 Å². The van der Waals surface area contributed by atoms with Gasteiger partial charge in [-0.25, -0.2) is 0 Å². The van der Waals surface area contributed by atoms with Gasteiger partial charge in [0.05, 0.1) is 12.0 Å². The second-order valence-corrected chi connectivity index (χ2v) is 6.97. The lowest BCUT2D eigenvalue weighted by molar-refractivity contribution is -0.384. The molecule has 0 radical (unpaired) electrons. The Kier molecular flexibility index (Phi) is 6.87. The van der Waals surface area contributed by atoms with Crippen molar-refractivity contribution in [3.05, 3.63) is 82.4 Å². The zero-order valence-electron chi connectivity index (χ0n) is 17.6. The molecule has 0 unspecified atom stereocenters. The molecule has 31 heavy (non-hydrogen) atoms. The number of nitrogens with zero attached hydrogens (tertiary/aromatic N) is 1. The second kappa shape index (κ2) is 9.75. The van der Waals surface area contributed by atoms with Crippen LogP contribution >= 0.6 is 0 Å². The number of anilines is 1. The molecule has 0 saturated carbocycles. The Bertz CT molecular complexity index is 1060. The van der Waals surface area contributed by atoms with Gasteiger partial charge in [-0.05, 0) is 54.8 Å². The highest BCUT2D eigenvalue weighted by molar-refractivity contribution is 5.94. The van der Waals surface area contributed by atoms with Gasteiger partial charge in [-0.2, -0.15) is 0 Å². The summed E-state index contributed by atoms with van der Waals surface area (Å²) < 4.78 is 11.1. The third-order valence-electron chi connectivity index (χ3n) is 4.88. The normalized spacial score (nSPS) is 11.5. The van der Waals surface area contributed by atoms with E-state index in [9.17, 15) is 14.9 Å². The van der Waals surface area contributed by atoms with E-state index in [0.717, 1.165) is 6.42 Å². The maximum absolute atomic E-state index is 12.6. The number of carbonyl (C=O) groups excluding carboxylic acids is 1. The highest BCUT2D eigenvalue weighted by Gasteiger charge is 2.19. The van der Waals surface area contributed by atoms with Crippen LogP contribution < -0.4 is 14.8 Å². The second-order valence-electron chi connectivity index (χ2n) is 6.97. The zero-order chi connectivity index (χ0) is 22.4. The van der Waals surface area contributed by atoms with Crippen LogP contribution in [0.1, 0.15) is 19.4 Å². The van der Waals surface area contributed by atoms with Crippen molar-refractivity contribution in [2.45, 2.75) is 26.4 Å². The quantitative estimate of drug-likeness (QED) is 0.398. The predicted molar refractivity (Wildman–Crippen MR) is 120 cm³/mol. The first kappa shape index (κ1) is 21.8. The number of methoxy groups -OCH3 is 1. The van der Waals surface area contributed by atoms with Gasteiger partial charge in [0.15, 0.2) is 6.10 Å². The van der Waals surface area contributed by atoms with Crippen molar-refractivity contribution >= 4 is 17.3 Å². The number of nitrogens with one attached hydrogen (secondary N) is 1. The lowest BCUT2D eigenvalue weighted by Gasteiger charge is -2.18. The number of rotatable bonds is 8. The first-order valence-electron chi connectivity index (χ1n) is 9.90. The van der Waals surface area contributed by atoms with Crippen molar-refractivity contribution in [1.82, 2.24) is 0 Å². The van der Waals surface area contributed by atoms with Crippen LogP contribution in [0.25, 0.3) is 11.1 Å². The predicted octanol–water partition coefficient (Wildman–Crippen LogP) is 5.24. The number of hydrogen-bond acceptors (Lipinski definition) is 5. The average Bonchev–Trinajstić information content (AvgIpc) is 2.79. The molecule has 0 aliphatic rings. The van der Waals surface area contributed by atoms with Crippen molar-refractivity contribution < 1.29 is 19.2 Å². The first-order valence-corrected chi connectivity index (χ1v) is 9.90. The molecule has 7 heteroatoms. The first-order chi connectivity index (χ1) is 14.9. The van der Waals surface area contributed by atoms with Crippen molar-refractivity contribution in [2.75, 3.05) is 12.4 Å². The fourth-order valence-electron chi connectivity index (χ4n) is 3.04. The summed E-state index contributed by atoms with van der Waals surface area (Å²) in [6.45, 7) is 3.70. The standard InChI is InChI=1S/C24H24N2O5/c1-4-17-5-9-19(10-6-17)25-24(27)16(2)31-23-14-11-20(26(28)29)15-22(23)18-7-12-21(30-3)13-8-18/h5-16H,4H2,1-3H3,(H,25,27)/t16-/m0/s1. The summed E-state index contributed by atoms with van der Waals surface area (Å²) in [5, 5.41) is 14.1. The Morgan fingerprint density at radius 2 is 1.74 bits per heavy atom. The molecule has 1 amide bonds. The number of ether oxygens (including phenoxy) is 2. The molecule has 7 nitrogen and oxygen atoms in total. The topological polar surface area (TPSA) is 90.7 Å². The molecule has 1 N–H and O–H groups in total. The Balaban J connectivity index is 1.83. The number of nitro groups is 1. The van der Waals surface area contributed by atoms with Crippen LogP contribution in [0.3, 0.4) is 0 Å². The highest BCUT2D eigenvalue weighted by atomic mass is 16.6. The number of nitro benzene ring substituents is 1. The summed E-state index contributed by atoms with van der Waals surface area (Å²) >= 11 is 0. The zero-order valence-corrected chi connectivity index (χ0v) is 17.6. The Labute approximate surface area is 180 Å². The van der Waals surface area contributed by atoms with Gasteiger partial charge in [0.25, 0.3) is 11.6 Å². The maximum atomic E-state index is 12.6. The summed E-state index contributed by atoms with van der Waals surface area (Å²) in [6.07, 6.45) is 0.103. The van der Waals surface area contributed by atoms with E-state index < -0.39 is 11.0 Å². The third-order valence-corrected chi connectivity index (χ3v) is 4.88. The number of non-ortho nitro benzene ring substituents is 1. The molecule has 1 atom stereocenters. The lowest BCUT2D eigenvalue weighted by atomic mass is 10.0. The van der Waals surface area contributed by atoms with Crippen molar-refractivity contribution in [3.63, 3.8) is 0 Å². The summed E-state index contributed by atoms with van der Waals surface area (Å²) in [5.41, 5.74) is 3.02. The molecule has 0 aliphatic heterocycles. The molecule has 0 bridgehead atoms. The number of hydrogen-bond donors (Lipinski definition) is 1. The molecule has 160 valence electrons. The van der Waals surface area contributed by atoms with Crippen LogP contribution in [0.4, 0.5) is 11.4 Å². The van der Waals surface area contributed by atoms with Gasteiger partial charge < -0.3 is 14.8 Å². The molecule has 0 fully saturated rings. The molecule has 3 rings (SSSR count). The molecule has 3 aromatic carbocycles. The van der Waals surface area contributed by atoms with Crippen LogP contribution in [-0.4, -0.2) is 24.0 Å². The van der Waals surface area contributed by atoms with Gasteiger partial charge in [0.2, 0.25) is 0 Å². The fourth-order valence-corrected chi connectivity index (χ4v) is 3.04. The summed E-state index contributed by atoms with van der Waals surface area (Å²) in [7, 11) is 1.56. The Hall–Kier alpha value is -3.87. The van der Waals surface area contributed by atoms with Crippen molar-refractivity contribution in [3.8, 4) is 22.6 Å². The summed E-state index contributed by atoms with van der Waals surface area (Å²) in [5.74, 6) is 0.724. The molecule has 0 aliphatic carbocycles. The monoisotopic (exact) mass is 420 g/mol.